The fraction of sp³-hybridized carbons (Fsp3) is 0.259. The van der Waals surface area contributed by atoms with Crippen molar-refractivity contribution < 1.29 is 13.9 Å². The maximum atomic E-state index is 14.3. The van der Waals surface area contributed by atoms with Crippen LogP contribution in [-0.4, -0.2) is 47.6 Å². The molecular weight excluding hydrogens is 431 g/mol. The monoisotopic (exact) mass is 458 g/mol. The van der Waals surface area contributed by atoms with Gasteiger partial charge in [-0.05, 0) is 49.2 Å². The molecule has 0 spiro atoms. The maximum Gasteiger partial charge on any atom is 0.324 e. The van der Waals surface area contributed by atoms with Crippen LogP contribution in [0.5, 0.6) is 5.75 Å². The molecule has 5 rings (SSSR count). The van der Waals surface area contributed by atoms with Crippen LogP contribution in [0.1, 0.15) is 24.6 Å². The molecule has 7 heteroatoms. The Morgan fingerprint density at radius 3 is 2.76 bits per heavy atom. The largest absolute Gasteiger partial charge is 0.497 e. The average molecular weight is 459 g/mol. The lowest BCUT2D eigenvalue weighted by Crippen LogP contribution is -2.46. The van der Waals surface area contributed by atoms with Crippen LogP contribution in [0.25, 0.3) is 16.8 Å². The van der Waals surface area contributed by atoms with Crippen LogP contribution in [0, 0.1) is 5.82 Å². The van der Waals surface area contributed by atoms with Crippen molar-refractivity contribution in [3.8, 4) is 17.0 Å². The second kappa shape index (κ2) is 9.17. The summed E-state index contributed by atoms with van der Waals surface area (Å²) in [7, 11) is 3.28. The SMILES string of the molecule is COc1cccc(-c2nc(C3CCCN(C(=O)N(C)c4ccccc4F)C3)n3ccccc23)c1. The molecule has 1 aliphatic heterocycles. The van der Waals surface area contributed by atoms with Gasteiger partial charge in [0.2, 0.25) is 0 Å². The molecule has 2 aromatic heterocycles. The highest BCUT2D eigenvalue weighted by Gasteiger charge is 2.30. The summed E-state index contributed by atoms with van der Waals surface area (Å²) in [5.41, 5.74) is 3.16. The van der Waals surface area contributed by atoms with E-state index in [1.54, 1.807) is 37.3 Å². The minimum atomic E-state index is -0.408. The normalized spacial score (nSPS) is 16.0. The lowest BCUT2D eigenvalue weighted by atomic mass is 9.97. The number of hydrogen-bond acceptors (Lipinski definition) is 3. The van der Waals surface area contributed by atoms with Gasteiger partial charge in [-0.3, -0.25) is 4.90 Å². The Hall–Kier alpha value is -3.87. The zero-order chi connectivity index (χ0) is 23.7. The molecule has 1 aliphatic rings. The molecule has 0 N–H and O–H groups in total. The minimum absolute atomic E-state index is 0.0704. The van der Waals surface area contributed by atoms with Gasteiger partial charge in [0.05, 0.1) is 24.0 Å². The smallest absolute Gasteiger partial charge is 0.324 e. The molecule has 0 radical (unpaired) electrons. The number of imidazole rings is 1. The number of anilines is 1. The van der Waals surface area contributed by atoms with E-state index < -0.39 is 5.82 Å². The van der Waals surface area contributed by atoms with Gasteiger partial charge in [0.25, 0.3) is 0 Å². The van der Waals surface area contributed by atoms with Crippen LogP contribution >= 0.6 is 0 Å². The number of halogens is 1. The molecule has 0 aliphatic carbocycles. The third kappa shape index (κ3) is 3.98. The molecule has 2 amide bonds. The Labute approximate surface area is 198 Å². The molecule has 1 unspecified atom stereocenters. The maximum absolute atomic E-state index is 14.3. The number of urea groups is 1. The first kappa shape index (κ1) is 21.9. The molecule has 174 valence electrons. The molecule has 6 nitrogen and oxygen atoms in total. The third-order valence-electron chi connectivity index (χ3n) is 6.48. The number of pyridine rings is 1. The molecule has 1 fully saturated rings. The summed E-state index contributed by atoms with van der Waals surface area (Å²) in [6.45, 7) is 1.17. The Balaban J connectivity index is 1.46. The Morgan fingerprint density at radius 2 is 1.94 bits per heavy atom. The van der Waals surface area contributed by atoms with E-state index in [1.807, 2.05) is 42.6 Å². The van der Waals surface area contributed by atoms with E-state index >= 15 is 0 Å². The van der Waals surface area contributed by atoms with Gasteiger partial charge in [0.1, 0.15) is 17.4 Å². The molecule has 0 saturated carbocycles. The minimum Gasteiger partial charge on any atom is -0.497 e. The van der Waals surface area contributed by atoms with Crippen molar-refractivity contribution >= 4 is 17.2 Å². The van der Waals surface area contributed by atoms with E-state index in [0.29, 0.717) is 13.1 Å². The van der Waals surface area contributed by atoms with Crippen LogP contribution in [0.4, 0.5) is 14.9 Å². The standard InChI is InChI=1S/C27H27FN4O2/c1-30(23-13-4-3-12-22(23)28)27(33)31-15-8-10-20(18-31)26-29-25(24-14-5-6-16-32(24)26)19-9-7-11-21(17-19)34-2/h3-7,9,11-14,16-17,20H,8,10,15,18H2,1-2H3. The number of ether oxygens (including phenoxy) is 1. The van der Waals surface area contributed by atoms with Crippen molar-refractivity contribution in [2.45, 2.75) is 18.8 Å². The van der Waals surface area contributed by atoms with Crippen molar-refractivity contribution in [2.24, 2.45) is 0 Å². The van der Waals surface area contributed by atoms with Crippen LogP contribution in [0.3, 0.4) is 0 Å². The first-order valence-electron chi connectivity index (χ1n) is 11.5. The van der Waals surface area contributed by atoms with Gasteiger partial charge in [-0.25, -0.2) is 14.2 Å². The Bertz CT molecular complexity index is 1340. The van der Waals surface area contributed by atoms with Crippen molar-refractivity contribution in [2.75, 3.05) is 32.1 Å². The second-order valence-corrected chi connectivity index (χ2v) is 8.58. The number of fused-ring (bicyclic) bond motifs is 1. The zero-order valence-corrected chi connectivity index (χ0v) is 19.3. The molecule has 1 saturated heterocycles. The van der Waals surface area contributed by atoms with Crippen LogP contribution in [0.2, 0.25) is 0 Å². The number of carbonyl (C=O) groups is 1. The van der Waals surface area contributed by atoms with E-state index in [-0.39, 0.29) is 17.6 Å². The number of carbonyl (C=O) groups excluding carboxylic acids is 1. The lowest BCUT2D eigenvalue weighted by Gasteiger charge is -2.35. The fourth-order valence-corrected chi connectivity index (χ4v) is 4.73. The predicted molar refractivity (Wildman–Crippen MR) is 131 cm³/mol. The van der Waals surface area contributed by atoms with Crippen molar-refractivity contribution in [3.05, 3.63) is 84.6 Å². The van der Waals surface area contributed by atoms with Crippen molar-refractivity contribution in [1.82, 2.24) is 14.3 Å². The highest BCUT2D eigenvalue weighted by molar-refractivity contribution is 5.91. The number of likely N-dealkylation sites (tertiary alicyclic amines) is 1. The number of methoxy groups -OCH3 is 1. The summed E-state index contributed by atoms with van der Waals surface area (Å²) in [5.74, 6) is 1.37. The molecule has 3 heterocycles. The van der Waals surface area contributed by atoms with Gasteiger partial charge >= 0.3 is 6.03 Å². The first-order valence-corrected chi connectivity index (χ1v) is 11.5. The highest BCUT2D eigenvalue weighted by Crippen LogP contribution is 2.33. The van der Waals surface area contributed by atoms with E-state index in [9.17, 15) is 9.18 Å². The molecule has 34 heavy (non-hydrogen) atoms. The molecule has 2 aromatic carbocycles. The zero-order valence-electron chi connectivity index (χ0n) is 19.3. The number of amides is 2. The number of nitrogens with zero attached hydrogens (tertiary/aromatic N) is 4. The number of aromatic nitrogens is 2. The van der Waals surface area contributed by atoms with Gasteiger partial charge in [-0.2, -0.15) is 0 Å². The Kier molecular flexibility index (Phi) is 5.92. The van der Waals surface area contributed by atoms with E-state index in [4.69, 9.17) is 9.72 Å². The van der Waals surface area contributed by atoms with Gasteiger partial charge in [0.15, 0.2) is 0 Å². The van der Waals surface area contributed by atoms with Gasteiger partial charge in [0, 0.05) is 37.8 Å². The van der Waals surface area contributed by atoms with Gasteiger partial charge in [-0.15, -0.1) is 0 Å². The number of benzene rings is 2. The highest BCUT2D eigenvalue weighted by atomic mass is 19.1. The predicted octanol–water partition coefficient (Wildman–Crippen LogP) is 5.58. The van der Waals surface area contributed by atoms with E-state index in [2.05, 4.69) is 10.5 Å². The number of hydrogen-bond donors (Lipinski definition) is 0. The Morgan fingerprint density at radius 1 is 1.12 bits per heavy atom. The summed E-state index contributed by atoms with van der Waals surface area (Å²) < 4.78 is 21.8. The summed E-state index contributed by atoms with van der Waals surface area (Å²) in [6, 6.07) is 20.1. The first-order chi connectivity index (χ1) is 16.6. The van der Waals surface area contributed by atoms with Crippen LogP contribution in [-0.2, 0) is 0 Å². The van der Waals surface area contributed by atoms with Gasteiger partial charge in [-0.1, -0.05) is 30.3 Å². The topological polar surface area (TPSA) is 50.1 Å². The summed E-state index contributed by atoms with van der Waals surface area (Å²) >= 11 is 0. The van der Waals surface area contributed by atoms with Crippen molar-refractivity contribution in [3.63, 3.8) is 0 Å². The number of piperidine rings is 1. The summed E-state index contributed by atoms with van der Waals surface area (Å²) in [5, 5.41) is 0. The molecule has 1 atom stereocenters. The summed E-state index contributed by atoms with van der Waals surface area (Å²) in [4.78, 5) is 21.5. The van der Waals surface area contributed by atoms with Gasteiger partial charge < -0.3 is 14.0 Å². The summed E-state index contributed by atoms with van der Waals surface area (Å²) in [6.07, 6.45) is 3.81. The van der Waals surface area contributed by atoms with Crippen LogP contribution in [0.15, 0.2) is 72.9 Å². The number of para-hydroxylation sites is 1. The van der Waals surface area contributed by atoms with E-state index in [0.717, 1.165) is 41.2 Å². The molecule has 0 bridgehead atoms. The second-order valence-electron chi connectivity index (χ2n) is 8.58. The average Bonchev–Trinajstić information content (AvgIpc) is 3.28. The van der Waals surface area contributed by atoms with E-state index in [1.165, 1.54) is 11.0 Å². The fourth-order valence-electron chi connectivity index (χ4n) is 4.73. The van der Waals surface area contributed by atoms with Crippen LogP contribution < -0.4 is 9.64 Å². The van der Waals surface area contributed by atoms with Crippen molar-refractivity contribution in [1.29, 1.82) is 0 Å². The lowest BCUT2D eigenvalue weighted by molar-refractivity contribution is 0.185. The molecular formula is C27H27FN4O2. The quantitative estimate of drug-likeness (QED) is 0.401. The number of rotatable bonds is 4. The third-order valence-corrected chi connectivity index (χ3v) is 6.48. The molecule has 4 aromatic rings.